The van der Waals surface area contributed by atoms with Gasteiger partial charge in [-0.1, -0.05) is 24.3 Å². The number of hydrazine groups is 1. The molecule has 0 bridgehead atoms. The minimum atomic E-state index is 0.755. The highest BCUT2D eigenvalue weighted by molar-refractivity contribution is 5.93. The summed E-state index contributed by atoms with van der Waals surface area (Å²) in [6.45, 7) is 2.19. The van der Waals surface area contributed by atoms with Crippen molar-refractivity contribution >= 4 is 22.4 Å². The van der Waals surface area contributed by atoms with Crippen molar-refractivity contribution in [1.82, 2.24) is 4.98 Å². The van der Waals surface area contributed by atoms with Crippen LogP contribution in [-0.4, -0.2) is 18.1 Å². The maximum atomic E-state index is 5.55. The van der Waals surface area contributed by atoms with Crippen LogP contribution in [-0.2, 0) is 0 Å². The zero-order valence-electron chi connectivity index (χ0n) is 9.69. The van der Waals surface area contributed by atoms with Crippen LogP contribution in [0.4, 0.5) is 11.6 Å². The molecule has 1 aromatic carbocycles. The predicted molar refractivity (Wildman–Crippen MR) is 71.0 cm³/mol. The van der Waals surface area contributed by atoms with E-state index in [-0.39, 0.29) is 0 Å². The lowest BCUT2D eigenvalue weighted by molar-refractivity contribution is 0.940. The Balaban J connectivity index is 2.13. The van der Waals surface area contributed by atoms with Crippen molar-refractivity contribution in [3.63, 3.8) is 0 Å². The minimum Gasteiger partial charge on any atom is -0.357 e. The second-order valence-electron chi connectivity index (χ2n) is 4.39. The van der Waals surface area contributed by atoms with Crippen LogP contribution >= 0.6 is 0 Å². The summed E-state index contributed by atoms with van der Waals surface area (Å²) < 4.78 is 0. The molecule has 0 saturated carbocycles. The number of hydrogen-bond acceptors (Lipinski definition) is 4. The number of pyridine rings is 1. The highest BCUT2D eigenvalue weighted by Crippen LogP contribution is 2.27. The second-order valence-corrected chi connectivity index (χ2v) is 4.39. The Morgan fingerprint density at radius 2 is 1.94 bits per heavy atom. The van der Waals surface area contributed by atoms with E-state index < -0.39 is 0 Å². The average Bonchev–Trinajstić information content (AvgIpc) is 2.91. The standard InChI is InChI=1S/C13H16N4/c14-16-13-11-6-2-1-5-10(11)9-12(15-13)17-7-3-4-8-17/h1-2,5-6,9H,3-4,7-8,14H2,(H,15,16). The van der Waals surface area contributed by atoms with Gasteiger partial charge in [-0.2, -0.15) is 0 Å². The molecule has 1 aliphatic rings. The van der Waals surface area contributed by atoms with Gasteiger partial charge < -0.3 is 10.3 Å². The number of anilines is 2. The van der Waals surface area contributed by atoms with Crippen molar-refractivity contribution in [3.05, 3.63) is 30.3 Å². The van der Waals surface area contributed by atoms with Crippen LogP contribution in [0.3, 0.4) is 0 Å². The van der Waals surface area contributed by atoms with Gasteiger partial charge in [-0.25, -0.2) is 10.8 Å². The van der Waals surface area contributed by atoms with Gasteiger partial charge in [0.2, 0.25) is 0 Å². The molecule has 3 N–H and O–H groups in total. The summed E-state index contributed by atoms with van der Waals surface area (Å²) >= 11 is 0. The number of benzene rings is 1. The first kappa shape index (κ1) is 10.4. The third-order valence-corrected chi connectivity index (χ3v) is 3.29. The first-order valence-corrected chi connectivity index (χ1v) is 6.00. The molecule has 1 saturated heterocycles. The predicted octanol–water partition coefficient (Wildman–Crippen LogP) is 2.12. The molecule has 88 valence electrons. The second kappa shape index (κ2) is 4.22. The smallest absolute Gasteiger partial charge is 0.150 e. The molecule has 0 spiro atoms. The van der Waals surface area contributed by atoms with Crippen molar-refractivity contribution in [1.29, 1.82) is 0 Å². The lowest BCUT2D eigenvalue weighted by Crippen LogP contribution is -2.20. The van der Waals surface area contributed by atoms with E-state index in [2.05, 4.69) is 27.4 Å². The third-order valence-electron chi connectivity index (χ3n) is 3.29. The molecular formula is C13H16N4. The van der Waals surface area contributed by atoms with Crippen molar-refractivity contribution in [3.8, 4) is 0 Å². The number of nitrogens with two attached hydrogens (primary N) is 1. The van der Waals surface area contributed by atoms with Gasteiger partial charge in [0, 0.05) is 18.5 Å². The molecule has 1 fully saturated rings. The quantitative estimate of drug-likeness (QED) is 0.610. The molecule has 1 aliphatic heterocycles. The Morgan fingerprint density at radius 1 is 1.18 bits per heavy atom. The Kier molecular flexibility index (Phi) is 2.57. The summed E-state index contributed by atoms with van der Waals surface area (Å²) in [6, 6.07) is 10.3. The van der Waals surface area contributed by atoms with E-state index in [9.17, 15) is 0 Å². The van der Waals surface area contributed by atoms with Crippen molar-refractivity contribution in [2.24, 2.45) is 5.84 Å². The Bertz CT molecular complexity index is 532. The Morgan fingerprint density at radius 3 is 2.71 bits per heavy atom. The number of nitrogens with zero attached hydrogens (tertiary/aromatic N) is 2. The van der Waals surface area contributed by atoms with Crippen LogP contribution in [0, 0.1) is 0 Å². The first-order chi connectivity index (χ1) is 8.38. The normalized spacial score (nSPS) is 15.5. The van der Waals surface area contributed by atoms with Gasteiger partial charge in [-0.05, 0) is 24.3 Å². The Hall–Kier alpha value is -1.81. The van der Waals surface area contributed by atoms with E-state index >= 15 is 0 Å². The van der Waals surface area contributed by atoms with Gasteiger partial charge in [0.25, 0.3) is 0 Å². The lowest BCUT2D eigenvalue weighted by Gasteiger charge is -2.18. The van der Waals surface area contributed by atoms with Crippen LogP contribution in [0.1, 0.15) is 12.8 Å². The monoisotopic (exact) mass is 228 g/mol. The van der Waals surface area contributed by atoms with Crippen LogP contribution < -0.4 is 16.2 Å². The fourth-order valence-corrected chi connectivity index (χ4v) is 2.40. The SMILES string of the molecule is NNc1nc(N2CCCC2)cc2ccccc12. The summed E-state index contributed by atoms with van der Waals surface area (Å²) in [6.07, 6.45) is 2.50. The highest BCUT2D eigenvalue weighted by Gasteiger charge is 2.15. The summed E-state index contributed by atoms with van der Waals surface area (Å²) in [5.41, 5.74) is 2.70. The lowest BCUT2D eigenvalue weighted by atomic mass is 10.1. The molecule has 2 heterocycles. The molecule has 0 aliphatic carbocycles. The van der Waals surface area contributed by atoms with Crippen LogP contribution in [0.5, 0.6) is 0 Å². The van der Waals surface area contributed by atoms with Crippen molar-refractivity contribution < 1.29 is 0 Å². The van der Waals surface area contributed by atoms with Gasteiger partial charge >= 0.3 is 0 Å². The average molecular weight is 228 g/mol. The molecular weight excluding hydrogens is 212 g/mol. The molecule has 1 aromatic heterocycles. The van der Waals surface area contributed by atoms with Gasteiger partial charge in [-0.15, -0.1) is 0 Å². The maximum absolute atomic E-state index is 5.55. The maximum Gasteiger partial charge on any atom is 0.150 e. The summed E-state index contributed by atoms with van der Waals surface area (Å²) in [5.74, 6) is 7.33. The number of hydrogen-bond donors (Lipinski definition) is 2. The van der Waals surface area contributed by atoms with E-state index in [1.807, 2.05) is 18.2 Å². The topological polar surface area (TPSA) is 54.2 Å². The van der Waals surface area contributed by atoms with Gasteiger partial charge in [0.05, 0.1) is 0 Å². The number of nitrogen functional groups attached to an aromatic ring is 1. The van der Waals surface area contributed by atoms with E-state index in [0.717, 1.165) is 30.1 Å². The summed E-state index contributed by atoms with van der Waals surface area (Å²) in [7, 11) is 0. The fourth-order valence-electron chi connectivity index (χ4n) is 2.40. The highest BCUT2D eigenvalue weighted by atomic mass is 15.3. The molecule has 17 heavy (non-hydrogen) atoms. The van der Waals surface area contributed by atoms with E-state index in [0.29, 0.717) is 0 Å². The van der Waals surface area contributed by atoms with Gasteiger partial charge in [-0.3, -0.25) is 0 Å². The van der Waals surface area contributed by atoms with Crippen LogP contribution in [0.15, 0.2) is 30.3 Å². The molecule has 0 unspecified atom stereocenters. The van der Waals surface area contributed by atoms with E-state index in [1.165, 1.54) is 18.2 Å². The number of rotatable bonds is 2. The summed E-state index contributed by atoms with van der Waals surface area (Å²) in [5, 5.41) is 2.25. The van der Waals surface area contributed by atoms with Crippen molar-refractivity contribution in [2.75, 3.05) is 23.4 Å². The molecule has 4 nitrogen and oxygen atoms in total. The van der Waals surface area contributed by atoms with E-state index in [4.69, 9.17) is 5.84 Å². The Labute approximate surface area is 100 Å². The van der Waals surface area contributed by atoms with Crippen LogP contribution in [0.25, 0.3) is 10.8 Å². The molecule has 3 rings (SSSR count). The van der Waals surface area contributed by atoms with Gasteiger partial charge in [0.1, 0.15) is 11.6 Å². The number of nitrogens with one attached hydrogen (secondary N) is 1. The molecule has 0 radical (unpaired) electrons. The zero-order chi connectivity index (χ0) is 11.7. The van der Waals surface area contributed by atoms with Gasteiger partial charge in [0.15, 0.2) is 0 Å². The first-order valence-electron chi connectivity index (χ1n) is 6.00. The molecule has 4 heteroatoms. The zero-order valence-corrected chi connectivity index (χ0v) is 9.69. The summed E-state index contributed by atoms with van der Waals surface area (Å²) in [4.78, 5) is 6.90. The third kappa shape index (κ3) is 1.80. The largest absolute Gasteiger partial charge is 0.357 e. The minimum absolute atomic E-state index is 0.755. The number of fused-ring (bicyclic) bond motifs is 1. The van der Waals surface area contributed by atoms with Crippen molar-refractivity contribution in [2.45, 2.75) is 12.8 Å². The molecule has 2 aromatic rings. The molecule has 0 amide bonds. The fraction of sp³-hybridized carbons (Fsp3) is 0.308. The molecule has 0 atom stereocenters. The van der Waals surface area contributed by atoms with Crippen LogP contribution in [0.2, 0.25) is 0 Å². The number of aromatic nitrogens is 1. The van der Waals surface area contributed by atoms with E-state index in [1.54, 1.807) is 0 Å².